The van der Waals surface area contributed by atoms with E-state index in [0.717, 1.165) is 34.8 Å². The predicted molar refractivity (Wildman–Crippen MR) is 86.5 cm³/mol. The number of anilines is 1. The minimum Gasteiger partial charge on any atom is -0.493 e. The van der Waals surface area contributed by atoms with Gasteiger partial charge in [-0.25, -0.2) is 4.98 Å². The van der Waals surface area contributed by atoms with Crippen molar-refractivity contribution in [1.82, 2.24) is 4.98 Å². The topological polar surface area (TPSA) is 43.4 Å². The van der Waals surface area contributed by atoms with Crippen LogP contribution in [0.4, 0.5) is 5.69 Å². The third kappa shape index (κ3) is 2.92. The summed E-state index contributed by atoms with van der Waals surface area (Å²) in [4.78, 5) is 4.28. The number of aromatic nitrogens is 1. The van der Waals surface area contributed by atoms with E-state index < -0.39 is 0 Å². The van der Waals surface area contributed by atoms with Gasteiger partial charge in [-0.2, -0.15) is 0 Å². The molecule has 0 aliphatic carbocycles. The molecule has 21 heavy (non-hydrogen) atoms. The fraction of sp³-hybridized carbons (Fsp3) is 0.188. The highest BCUT2D eigenvalue weighted by molar-refractivity contribution is 7.16. The van der Waals surface area contributed by atoms with E-state index in [1.54, 1.807) is 25.6 Å². The van der Waals surface area contributed by atoms with Crippen LogP contribution in [0.5, 0.6) is 11.5 Å². The molecule has 0 spiro atoms. The van der Waals surface area contributed by atoms with Crippen LogP contribution < -0.4 is 14.8 Å². The fourth-order valence-electron chi connectivity index (χ4n) is 2.16. The van der Waals surface area contributed by atoms with E-state index >= 15 is 0 Å². The van der Waals surface area contributed by atoms with Crippen LogP contribution in [-0.2, 0) is 6.54 Å². The van der Waals surface area contributed by atoms with E-state index in [1.807, 2.05) is 35.8 Å². The molecule has 1 N–H and O–H groups in total. The Morgan fingerprint density at radius 1 is 1.05 bits per heavy atom. The maximum Gasteiger partial charge on any atom is 0.161 e. The molecule has 5 heteroatoms. The fourth-order valence-corrected chi connectivity index (χ4v) is 2.88. The average molecular weight is 300 g/mol. The Morgan fingerprint density at radius 3 is 2.71 bits per heavy atom. The van der Waals surface area contributed by atoms with Gasteiger partial charge in [-0.05, 0) is 35.9 Å². The molecular formula is C16H16N2O2S. The molecule has 0 fully saturated rings. The summed E-state index contributed by atoms with van der Waals surface area (Å²) in [7, 11) is 3.28. The first kappa shape index (κ1) is 13.7. The molecule has 0 aliphatic heterocycles. The lowest BCUT2D eigenvalue weighted by Gasteiger charge is -2.11. The molecule has 0 saturated heterocycles. The van der Waals surface area contributed by atoms with Gasteiger partial charge in [0.2, 0.25) is 0 Å². The average Bonchev–Trinajstić information content (AvgIpc) is 3.00. The zero-order chi connectivity index (χ0) is 14.7. The summed E-state index contributed by atoms with van der Waals surface area (Å²) in [6, 6.07) is 12.1. The second-order valence-corrected chi connectivity index (χ2v) is 5.46. The standard InChI is InChI=1S/C16H16N2O2S/c1-19-14-6-3-11(7-15(14)20-2)9-17-12-4-5-13-16(8-12)21-10-18-13/h3-8,10,17H,9H2,1-2H3. The monoisotopic (exact) mass is 300 g/mol. The largest absolute Gasteiger partial charge is 0.493 e. The second kappa shape index (κ2) is 6.01. The van der Waals surface area contributed by atoms with E-state index in [9.17, 15) is 0 Å². The molecule has 108 valence electrons. The second-order valence-electron chi connectivity index (χ2n) is 4.58. The van der Waals surface area contributed by atoms with Gasteiger partial charge in [0, 0.05) is 12.2 Å². The van der Waals surface area contributed by atoms with E-state index in [-0.39, 0.29) is 0 Å². The minimum absolute atomic E-state index is 0.727. The Bertz CT molecular complexity index is 755. The number of rotatable bonds is 5. The molecule has 0 bridgehead atoms. The summed E-state index contributed by atoms with van der Waals surface area (Å²) in [5, 5.41) is 3.41. The van der Waals surface area contributed by atoms with Gasteiger partial charge in [-0.3, -0.25) is 0 Å². The van der Waals surface area contributed by atoms with Crippen LogP contribution in [0, 0.1) is 0 Å². The van der Waals surface area contributed by atoms with Crippen molar-refractivity contribution in [2.24, 2.45) is 0 Å². The van der Waals surface area contributed by atoms with Crippen molar-refractivity contribution < 1.29 is 9.47 Å². The van der Waals surface area contributed by atoms with Crippen LogP contribution >= 0.6 is 11.3 Å². The van der Waals surface area contributed by atoms with Crippen molar-refractivity contribution in [3.8, 4) is 11.5 Å². The highest BCUT2D eigenvalue weighted by atomic mass is 32.1. The van der Waals surface area contributed by atoms with Crippen LogP contribution in [0.1, 0.15) is 5.56 Å². The van der Waals surface area contributed by atoms with Crippen LogP contribution in [0.15, 0.2) is 41.9 Å². The third-order valence-corrected chi connectivity index (χ3v) is 4.07. The summed E-state index contributed by atoms with van der Waals surface area (Å²) >= 11 is 1.65. The SMILES string of the molecule is COc1ccc(CNc2ccc3ncsc3c2)cc1OC. The van der Waals surface area contributed by atoms with E-state index in [2.05, 4.69) is 16.4 Å². The molecule has 0 unspecified atom stereocenters. The molecule has 0 radical (unpaired) electrons. The van der Waals surface area contributed by atoms with E-state index in [4.69, 9.17) is 9.47 Å². The number of thiazole rings is 1. The maximum atomic E-state index is 5.32. The first-order valence-corrected chi connectivity index (χ1v) is 7.46. The number of methoxy groups -OCH3 is 2. The summed E-state index contributed by atoms with van der Waals surface area (Å²) < 4.78 is 11.7. The summed E-state index contributed by atoms with van der Waals surface area (Å²) in [6.07, 6.45) is 0. The number of fused-ring (bicyclic) bond motifs is 1. The predicted octanol–water partition coefficient (Wildman–Crippen LogP) is 3.93. The van der Waals surface area contributed by atoms with Gasteiger partial charge < -0.3 is 14.8 Å². The van der Waals surface area contributed by atoms with Crippen molar-refractivity contribution in [3.63, 3.8) is 0 Å². The number of nitrogens with one attached hydrogen (secondary N) is 1. The molecule has 3 rings (SSSR count). The van der Waals surface area contributed by atoms with Crippen LogP contribution in [0.3, 0.4) is 0 Å². The molecule has 4 nitrogen and oxygen atoms in total. The lowest BCUT2D eigenvalue weighted by atomic mass is 10.2. The van der Waals surface area contributed by atoms with Gasteiger partial charge in [0.25, 0.3) is 0 Å². The van der Waals surface area contributed by atoms with Crippen LogP contribution in [-0.4, -0.2) is 19.2 Å². The summed E-state index contributed by atoms with van der Waals surface area (Å²) in [5.41, 5.74) is 5.12. The van der Waals surface area contributed by atoms with Crippen molar-refractivity contribution in [2.45, 2.75) is 6.54 Å². The van der Waals surface area contributed by atoms with Gasteiger partial charge in [0.15, 0.2) is 11.5 Å². The smallest absolute Gasteiger partial charge is 0.161 e. The number of hydrogen-bond acceptors (Lipinski definition) is 5. The van der Waals surface area contributed by atoms with Crippen molar-refractivity contribution in [3.05, 3.63) is 47.5 Å². The quantitative estimate of drug-likeness (QED) is 0.775. The molecule has 0 aliphatic rings. The Morgan fingerprint density at radius 2 is 1.90 bits per heavy atom. The highest BCUT2D eigenvalue weighted by Gasteiger charge is 2.05. The Hall–Kier alpha value is -2.27. The van der Waals surface area contributed by atoms with Gasteiger partial charge in [0.1, 0.15) is 0 Å². The molecule has 0 atom stereocenters. The van der Waals surface area contributed by atoms with Crippen molar-refractivity contribution in [1.29, 1.82) is 0 Å². The summed E-state index contributed by atoms with van der Waals surface area (Å²) in [5.74, 6) is 1.49. The first-order valence-electron chi connectivity index (χ1n) is 6.58. The number of hydrogen-bond donors (Lipinski definition) is 1. The minimum atomic E-state index is 0.727. The van der Waals surface area contributed by atoms with E-state index in [0.29, 0.717) is 0 Å². The Balaban J connectivity index is 1.74. The van der Waals surface area contributed by atoms with Crippen molar-refractivity contribution in [2.75, 3.05) is 19.5 Å². The van der Waals surface area contributed by atoms with E-state index in [1.165, 1.54) is 4.70 Å². The molecule has 2 aromatic carbocycles. The van der Waals surface area contributed by atoms with Gasteiger partial charge >= 0.3 is 0 Å². The molecule has 1 aromatic heterocycles. The first-order chi connectivity index (χ1) is 10.3. The maximum absolute atomic E-state index is 5.32. The number of benzene rings is 2. The Kier molecular flexibility index (Phi) is 3.92. The molecule has 0 amide bonds. The van der Waals surface area contributed by atoms with Crippen LogP contribution in [0.25, 0.3) is 10.2 Å². The van der Waals surface area contributed by atoms with Crippen LogP contribution in [0.2, 0.25) is 0 Å². The molecule has 3 aromatic rings. The molecule has 1 heterocycles. The Labute approximate surface area is 127 Å². The molecular weight excluding hydrogens is 284 g/mol. The lowest BCUT2D eigenvalue weighted by molar-refractivity contribution is 0.354. The van der Waals surface area contributed by atoms with Crippen molar-refractivity contribution >= 4 is 27.2 Å². The zero-order valence-corrected chi connectivity index (χ0v) is 12.7. The lowest BCUT2D eigenvalue weighted by Crippen LogP contribution is -2.00. The zero-order valence-electron chi connectivity index (χ0n) is 11.9. The summed E-state index contributed by atoms with van der Waals surface area (Å²) in [6.45, 7) is 0.727. The highest BCUT2D eigenvalue weighted by Crippen LogP contribution is 2.28. The van der Waals surface area contributed by atoms with Gasteiger partial charge in [-0.15, -0.1) is 11.3 Å². The number of nitrogens with zero attached hydrogens (tertiary/aromatic N) is 1. The number of ether oxygens (including phenoxy) is 2. The third-order valence-electron chi connectivity index (χ3n) is 3.28. The molecule has 0 saturated carbocycles. The van der Waals surface area contributed by atoms with Gasteiger partial charge in [-0.1, -0.05) is 6.07 Å². The van der Waals surface area contributed by atoms with Gasteiger partial charge in [0.05, 0.1) is 29.9 Å². The normalized spacial score (nSPS) is 10.6.